The minimum absolute atomic E-state index is 0.357. The number of hydrogen-bond donors (Lipinski definition) is 2. The molecule has 0 bridgehead atoms. The molecular weight excluding hydrogens is 184 g/mol. The zero-order valence-electron chi connectivity index (χ0n) is 8.70. The maximum Gasteiger partial charge on any atom is 0.326 e. The lowest BCUT2D eigenvalue weighted by Crippen LogP contribution is -2.46. The normalized spacial score (nSPS) is 11.6. The molecule has 0 aromatic heterocycles. The number of likely N-dealkylation sites (N-methyl/N-ethyl adjacent to an activating group) is 1. The molecule has 0 radical (unpaired) electrons. The average Bonchev–Trinajstić information content (AvgIpc) is 2.11. The summed E-state index contributed by atoms with van der Waals surface area (Å²) in [6.07, 6.45) is 0. The maximum absolute atomic E-state index is 11.3. The van der Waals surface area contributed by atoms with Gasteiger partial charge in [0.1, 0.15) is 6.04 Å². The van der Waals surface area contributed by atoms with E-state index in [1.165, 1.54) is 14.0 Å². The second kappa shape index (κ2) is 5.26. The fraction of sp³-hybridized carbons (Fsp3) is 0.556. The monoisotopic (exact) mass is 200 g/mol. The summed E-state index contributed by atoms with van der Waals surface area (Å²) in [7, 11) is 1.44. The first kappa shape index (κ1) is 12.5. The van der Waals surface area contributed by atoms with Crippen molar-refractivity contribution in [2.45, 2.75) is 19.9 Å². The Morgan fingerprint density at radius 3 is 2.43 bits per heavy atom. The molecule has 1 unspecified atom stereocenters. The molecule has 5 heteroatoms. The summed E-state index contributed by atoms with van der Waals surface area (Å²) in [5.74, 6) is -1.03. The topological polar surface area (TPSA) is 69.6 Å². The molecule has 0 saturated carbocycles. The average molecular weight is 200 g/mol. The van der Waals surface area contributed by atoms with Gasteiger partial charge in [-0.25, -0.2) is 9.59 Å². The van der Waals surface area contributed by atoms with Gasteiger partial charge in [-0.05, 0) is 13.8 Å². The second-order valence-corrected chi connectivity index (χ2v) is 3.24. The van der Waals surface area contributed by atoms with Crippen molar-refractivity contribution in [3.05, 3.63) is 12.2 Å². The highest BCUT2D eigenvalue weighted by Gasteiger charge is 2.20. The van der Waals surface area contributed by atoms with Gasteiger partial charge in [-0.15, -0.1) is 0 Å². The van der Waals surface area contributed by atoms with E-state index < -0.39 is 18.0 Å². The molecule has 2 N–H and O–H groups in total. The van der Waals surface area contributed by atoms with E-state index in [9.17, 15) is 9.59 Å². The molecule has 0 rings (SSSR count). The van der Waals surface area contributed by atoms with E-state index in [0.717, 1.165) is 10.5 Å². The highest BCUT2D eigenvalue weighted by Crippen LogP contribution is 1.96. The zero-order chi connectivity index (χ0) is 11.3. The molecule has 0 saturated heterocycles. The van der Waals surface area contributed by atoms with Crippen LogP contribution in [0.15, 0.2) is 12.2 Å². The van der Waals surface area contributed by atoms with Crippen LogP contribution in [0.25, 0.3) is 0 Å². The predicted molar refractivity (Wildman–Crippen MR) is 53.1 cm³/mol. The molecule has 1 atom stereocenters. The van der Waals surface area contributed by atoms with E-state index in [-0.39, 0.29) is 0 Å². The number of rotatable bonds is 4. The minimum atomic E-state index is -1.03. The molecule has 0 fully saturated rings. The highest BCUT2D eigenvalue weighted by atomic mass is 16.4. The molecule has 5 nitrogen and oxygen atoms in total. The van der Waals surface area contributed by atoms with Crippen LogP contribution in [0, 0.1) is 0 Å². The molecule has 2 amide bonds. The summed E-state index contributed by atoms with van der Waals surface area (Å²) < 4.78 is 0. The Morgan fingerprint density at radius 2 is 2.07 bits per heavy atom. The molecule has 14 heavy (non-hydrogen) atoms. The van der Waals surface area contributed by atoms with Crippen LogP contribution in [-0.2, 0) is 4.79 Å². The number of hydrogen-bond acceptors (Lipinski definition) is 2. The Kier molecular flexibility index (Phi) is 4.69. The molecule has 0 aromatic rings. The van der Waals surface area contributed by atoms with E-state index in [1.54, 1.807) is 6.92 Å². The van der Waals surface area contributed by atoms with E-state index in [1.807, 2.05) is 0 Å². The van der Waals surface area contributed by atoms with Crippen molar-refractivity contribution in [3.8, 4) is 0 Å². The molecule has 80 valence electrons. The second-order valence-electron chi connectivity index (χ2n) is 3.24. The number of carboxylic acid groups (broad SMARTS) is 1. The third-order valence-corrected chi connectivity index (χ3v) is 1.80. The summed E-state index contributed by atoms with van der Waals surface area (Å²) in [6.45, 7) is 7.20. The van der Waals surface area contributed by atoms with E-state index in [2.05, 4.69) is 11.9 Å². The van der Waals surface area contributed by atoms with Gasteiger partial charge < -0.3 is 15.3 Å². The first-order chi connectivity index (χ1) is 6.36. The van der Waals surface area contributed by atoms with Crippen LogP contribution in [0.5, 0.6) is 0 Å². The summed E-state index contributed by atoms with van der Waals surface area (Å²) in [5.41, 5.74) is 0.815. The van der Waals surface area contributed by atoms with Crippen molar-refractivity contribution in [1.82, 2.24) is 10.2 Å². The number of amides is 2. The van der Waals surface area contributed by atoms with E-state index in [0.29, 0.717) is 6.54 Å². The molecule has 0 aliphatic heterocycles. The number of aliphatic carboxylic acids is 1. The maximum atomic E-state index is 11.3. The van der Waals surface area contributed by atoms with Crippen LogP contribution in [0.1, 0.15) is 13.8 Å². The van der Waals surface area contributed by atoms with Gasteiger partial charge in [0, 0.05) is 13.6 Å². The molecule has 0 spiro atoms. The van der Waals surface area contributed by atoms with Gasteiger partial charge in [0.15, 0.2) is 0 Å². The van der Waals surface area contributed by atoms with Crippen LogP contribution in [0.2, 0.25) is 0 Å². The number of nitrogens with zero attached hydrogens (tertiary/aromatic N) is 1. The van der Waals surface area contributed by atoms with Crippen molar-refractivity contribution in [3.63, 3.8) is 0 Å². The quantitative estimate of drug-likeness (QED) is 0.655. The third kappa shape index (κ3) is 3.93. The number of carbonyl (C=O) groups excluding carboxylic acids is 1. The minimum Gasteiger partial charge on any atom is -0.480 e. The Bertz CT molecular complexity index is 250. The third-order valence-electron chi connectivity index (χ3n) is 1.80. The largest absolute Gasteiger partial charge is 0.480 e. The molecule has 0 aliphatic rings. The van der Waals surface area contributed by atoms with E-state index in [4.69, 9.17) is 5.11 Å². The number of carboxylic acids is 1. The number of urea groups is 1. The Hall–Kier alpha value is -1.52. The van der Waals surface area contributed by atoms with Crippen molar-refractivity contribution in [2.24, 2.45) is 0 Å². The van der Waals surface area contributed by atoms with Gasteiger partial charge in [0.25, 0.3) is 0 Å². The van der Waals surface area contributed by atoms with Crippen LogP contribution in [-0.4, -0.2) is 41.6 Å². The number of nitrogens with one attached hydrogen (secondary N) is 1. The van der Waals surface area contributed by atoms with Crippen LogP contribution < -0.4 is 5.32 Å². The molecule has 0 aliphatic carbocycles. The van der Waals surface area contributed by atoms with Crippen LogP contribution in [0.3, 0.4) is 0 Å². The molecule has 0 aromatic carbocycles. The van der Waals surface area contributed by atoms with Gasteiger partial charge in [0.05, 0.1) is 0 Å². The van der Waals surface area contributed by atoms with E-state index >= 15 is 0 Å². The summed E-state index contributed by atoms with van der Waals surface area (Å²) >= 11 is 0. The Balaban J connectivity index is 4.11. The Labute approximate surface area is 83.4 Å². The van der Waals surface area contributed by atoms with Crippen LogP contribution in [0.4, 0.5) is 4.79 Å². The highest BCUT2D eigenvalue weighted by molar-refractivity contribution is 5.82. The lowest BCUT2D eigenvalue weighted by Gasteiger charge is -2.21. The van der Waals surface area contributed by atoms with Crippen molar-refractivity contribution < 1.29 is 14.7 Å². The fourth-order valence-electron chi connectivity index (χ4n) is 0.693. The molecular formula is C9H16N2O3. The Morgan fingerprint density at radius 1 is 1.57 bits per heavy atom. The first-order valence-corrected chi connectivity index (χ1v) is 4.24. The lowest BCUT2D eigenvalue weighted by molar-refractivity contribution is -0.141. The van der Waals surface area contributed by atoms with Gasteiger partial charge >= 0.3 is 12.0 Å². The van der Waals surface area contributed by atoms with Crippen molar-refractivity contribution in [1.29, 1.82) is 0 Å². The summed E-state index contributed by atoms with van der Waals surface area (Å²) in [4.78, 5) is 23.0. The summed E-state index contributed by atoms with van der Waals surface area (Å²) in [5, 5.41) is 11.2. The summed E-state index contributed by atoms with van der Waals surface area (Å²) in [6, 6.07) is -1.25. The first-order valence-electron chi connectivity index (χ1n) is 4.24. The number of carbonyl (C=O) groups is 2. The lowest BCUT2D eigenvalue weighted by atomic mass is 10.3. The smallest absolute Gasteiger partial charge is 0.326 e. The predicted octanol–water partition coefficient (Wildman–Crippen LogP) is 0.677. The zero-order valence-corrected chi connectivity index (χ0v) is 8.70. The van der Waals surface area contributed by atoms with Gasteiger partial charge in [-0.2, -0.15) is 0 Å². The van der Waals surface area contributed by atoms with Crippen molar-refractivity contribution >= 4 is 12.0 Å². The van der Waals surface area contributed by atoms with Gasteiger partial charge in [-0.1, -0.05) is 12.2 Å². The van der Waals surface area contributed by atoms with Crippen LogP contribution >= 0.6 is 0 Å². The SMILES string of the molecule is C=C(C)CNC(=O)N(C)C(C)C(=O)O. The standard InChI is InChI=1S/C9H16N2O3/c1-6(2)5-10-9(14)11(4)7(3)8(12)13/h7H,1,5H2,2-4H3,(H,10,14)(H,12,13). The van der Waals surface area contributed by atoms with Crippen molar-refractivity contribution in [2.75, 3.05) is 13.6 Å². The molecule has 0 heterocycles. The van der Waals surface area contributed by atoms with Gasteiger partial charge in [0.2, 0.25) is 0 Å². The fourth-order valence-corrected chi connectivity index (χ4v) is 0.693. The van der Waals surface area contributed by atoms with Gasteiger partial charge in [-0.3, -0.25) is 0 Å².